The molecule has 0 fully saturated rings. The Labute approximate surface area is 148 Å². The molecule has 0 aliphatic rings. The van der Waals surface area contributed by atoms with Gasteiger partial charge < -0.3 is 4.42 Å². The number of halogens is 3. The topological polar surface area (TPSA) is 82.0 Å². The Morgan fingerprint density at radius 3 is 2.68 bits per heavy atom. The maximum atomic E-state index is 12.9. The summed E-state index contributed by atoms with van der Waals surface area (Å²) in [5, 5.41) is 20.0. The van der Waals surface area contributed by atoms with Gasteiger partial charge in [-0.15, -0.1) is 20.4 Å². The van der Waals surface area contributed by atoms with E-state index < -0.39 is 12.2 Å². The van der Waals surface area contributed by atoms with Crippen molar-refractivity contribution in [3.63, 3.8) is 0 Å². The molecule has 0 aliphatic carbocycles. The van der Waals surface area contributed by atoms with Gasteiger partial charge in [-0.3, -0.25) is 0 Å². The Morgan fingerprint density at radius 1 is 1.04 bits per heavy atom. The molecule has 25 heavy (non-hydrogen) atoms. The Bertz CT molecular complexity index is 1050. The Morgan fingerprint density at radius 2 is 1.88 bits per heavy atom. The summed E-state index contributed by atoms with van der Waals surface area (Å²) in [4.78, 5) is 0. The summed E-state index contributed by atoms with van der Waals surface area (Å²) in [5.41, 5.74) is 0.827. The highest BCUT2D eigenvalue weighted by atomic mass is 35.5. The molecule has 0 amide bonds. The molecule has 4 rings (SSSR count). The molecule has 0 saturated carbocycles. The zero-order chi connectivity index (χ0) is 17.4. The molecule has 1 aromatic carbocycles. The van der Waals surface area contributed by atoms with Crippen molar-refractivity contribution in [1.29, 1.82) is 0 Å². The first-order valence-electron chi connectivity index (χ1n) is 6.88. The van der Waals surface area contributed by atoms with E-state index in [1.165, 1.54) is 6.07 Å². The largest absolute Gasteiger partial charge is 0.411 e. The van der Waals surface area contributed by atoms with E-state index in [0.29, 0.717) is 15.6 Å². The lowest BCUT2D eigenvalue weighted by Gasteiger charge is -2.00. The van der Waals surface area contributed by atoms with Crippen molar-refractivity contribution in [3.05, 3.63) is 47.2 Å². The fourth-order valence-electron chi connectivity index (χ4n) is 2.06. The molecule has 11 heteroatoms. The van der Waals surface area contributed by atoms with Gasteiger partial charge in [-0.1, -0.05) is 23.7 Å². The van der Waals surface area contributed by atoms with Crippen LogP contribution in [0.3, 0.4) is 0 Å². The molecule has 0 bridgehead atoms. The van der Waals surface area contributed by atoms with Crippen LogP contribution in [0, 0.1) is 0 Å². The van der Waals surface area contributed by atoms with Crippen molar-refractivity contribution >= 4 is 29.0 Å². The quantitative estimate of drug-likeness (QED) is 0.530. The molecule has 0 radical (unpaired) electrons. The van der Waals surface area contributed by atoms with Crippen LogP contribution in [-0.4, -0.2) is 30.0 Å². The van der Waals surface area contributed by atoms with Crippen molar-refractivity contribution < 1.29 is 13.2 Å². The van der Waals surface area contributed by atoms with Gasteiger partial charge in [0.2, 0.25) is 11.7 Å². The van der Waals surface area contributed by atoms with E-state index >= 15 is 0 Å². The van der Waals surface area contributed by atoms with E-state index in [0.717, 1.165) is 16.3 Å². The van der Waals surface area contributed by atoms with Crippen molar-refractivity contribution in [3.8, 4) is 11.5 Å². The van der Waals surface area contributed by atoms with Crippen LogP contribution >= 0.6 is 23.4 Å². The fraction of sp³-hybridized carbons (Fsp3) is 0.0714. The van der Waals surface area contributed by atoms with E-state index in [4.69, 9.17) is 16.0 Å². The maximum absolute atomic E-state index is 12.9. The first kappa shape index (κ1) is 15.9. The van der Waals surface area contributed by atoms with Gasteiger partial charge in [0.1, 0.15) is 5.03 Å². The average molecular weight is 381 g/mol. The van der Waals surface area contributed by atoms with E-state index in [9.17, 15) is 8.78 Å². The van der Waals surface area contributed by atoms with E-state index in [1.807, 2.05) is 0 Å². The standard InChI is InChI=1S/C14H7ClF2N6OS/c15-8-4-2-1-3-7(8)13-20-21-14(24-13)25-10-6-5-9-18-19-12(11(16)17)23(9)22-10/h1-6,11H. The summed E-state index contributed by atoms with van der Waals surface area (Å²) in [7, 11) is 0. The van der Waals surface area contributed by atoms with E-state index in [1.54, 1.807) is 30.3 Å². The van der Waals surface area contributed by atoms with Crippen LogP contribution in [0.5, 0.6) is 0 Å². The van der Waals surface area contributed by atoms with Crippen molar-refractivity contribution in [2.24, 2.45) is 0 Å². The normalized spacial score (nSPS) is 11.5. The van der Waals surface area contributed by atoms with Gasteiger partial charge in [0.05, 0.1) is 10.6 Å². The summed E-state index contributed by atoms with van der Waals surface area (Å²) in [6, 6.07) is 10.2. The molecule has 3 heterocycles. The molecule has 7 nitrogen and oxygen atoms in total. The Hall–Kier alpha value is -2.59. The molecule has 0 N–H and O–H groups in total. The number of rotatable bonds is 4. The highest BCUT2D eigenvalue weighted by Crippen LogP contribution is 2.31. The highest BCUT2D eigenvalue weighted by molar-refractivity contribution is 7.99. The maximum Gasteiger partial charge on any atom is 0.299 e. The van der Waals surface area contributed by atoms with Crippen molar-refractivity contribution in [2.75, 3.05) is 0 Å². The first-order valence-corrected chi connectivity index (χ1v) is 8.08. The Balaban J connectivity index is 1.64. The van der Waals surface area contributed by atoms with Gasteiger partial charge in [0.15, 0.2) is 5.65 Å². The number of hydrogen-bond donors (Lipinski definition) is 0. The predicted octanol–water partition coefficient (Wildman–Crippen LogP) is 3.92. The van der Waals surface area contributed by atoms with Crippen LogP contribution in [0.25, 0.3) is 17.1 Å². The van der Waals surface area contributed by atoms with Crippen LogP contribution in [-0.2, 0) is 0 Å². The monoisotopic (exact) mass is 380 g/mol. The molecule has 0 aliphatic heterocycles. The summed E-state index contributed by atoms with van der Waals surface area (Å²) in [6.07, 6.45) is -2.78. The minimum absolute atomic E-state index is 0.202. The summed E-state index contributed by atoms with van der Waals surface area (Å²) in [5.74, 6) is -0.272. The van der Waals surface area contributed by atoms with Crippen LogP contribution in [0.2, 0.25) is 5.02 Å². The van der Waals surface area contributed by atoms with E-state index in [2.05, 4.69) is 25.5 Å². The van der Waals surface area contributed by atoms with Gasteiger partial charge >= 0.3 is 0 Å². The molecular weight excluding hydrogens is 374 g/mol. The molecule has 0 unspecified atom stereocenters. The lowest BCUT2D eigenvalue weighted by Crippen LogP contribution is -2.00. The van der Waals surface area contributed by atoms with Gasteiger partial charge in [0.25, 0.3) is 11.6 Å². The minimum Gasteiger partial charge on any atom is -0.411 e. The zero-order valence-electron chi connectivity index (χ0n) is 12.2. The van der Waals surface area contributed by atoms with Crippen molar-refractivity contribution in [1.82, 2.24) is 30.0 Å². The minimum atomic E-state index is -2.78. The lowest BCUT2D eigenvalue weighted by molar-refractivity contribution is 0.137. The third kappa shape index (κ3) is 3.05. The number of hydrogen-bond acceptors (Lipinski definition) is 7. The summed E-state index contributed by atoms with van der Waals surface area (Å²) in [6.45, 7) is 0. The molecule has 126 valence electrons. The van der Waals surface area contributed by atoms with Crippen LogP contribution in [0.1, 0.15) is 12.2 Å². The SMILES string of the molecule is FC(F)c1nnc2ccc(Sc3nnc(-c4ccccc4Cl)o3)nn12. The third-order valence-electron chi connectivity index (χ3n) is 3.16. The molecular formula is C14H7ClF2N6OS. The molecule has 0 atom stereocenters. The number of alkyl halides is 2. The van der Waals surface area contributed by atoms with Gasteiger partial charge in [0, 0.05) is 0 Å². The second-order valence-electron chi connectivity index (χ2n) is 4.76. The number of aromatic nitrogens is 6. The fourth-order valence-corrected chi connectivity index (χ4v) is 2.92. The summed E-state index contributed by atoms with van der Waals surface area (Å²) >= 11 is 7.12. The summed E-state index contributed by atoms with van der Waals surface area (Å²) < 4.78 is 32.3. The first-order chi connectivity index (χ1) is 12.1. The van der Waals surface area contributed by atoms with E-state index in [-0.39, 0.29) is 16.8 Å². The van der Waals surface area contributed by atoms with Crippen molar-refractivity contribution in [2.45, 2.75) is 16.7 Å². The van der Waals surface area contributed by atoms with Crippen LogP contribution in [0.4, 0.5) is 8.78 Å². The van der Waals surface area contributed by atoms with Gasteiger partial charge in [-0.2, -0.15) is 9.61 Å². The Kier molecular flexibility index (Phi) is 4.06. The zero-order valence-corrected chi connectivity index (χ0v) is 13.7. The number of fused-ring (bicyclic) bond motifs is 1. The van der Waals surface area contributed by atoms with Crippen LogP contribution < -0.4 is 0 Å². The third-order valence-corrected chi connectivity index (χ3v) is 4.26. The molecule has 3 aromatic heterocycles. The lowest BCUT2D eigenvalue weighted by atomic mass is 10.2. The van der Waals surface area contributed by atoms with Crippen LogP contribution in [0.15, 0.2) is 51.1 Å². The average Bonchev–Trinajstić information content (AvgIpc) is 3.22. The smallest absolute Gasteiger partial charge is 0.299 e. The second-order valence-corrected chi connectivity index (χ2v) is 6.13. The predicted molar refractivity (Wildman–Crippen MR) is 84.6 cm³/mol. The van der Waals surface area contributed by atoms with Gasteiger partial charge in [-0.05, 0) is 36.0 Å². The second kappa shape index (κ2) is 6.37. The van der Waals surface area contributed by atoms with Gasteiger partial charge in [-0.25, -0.2) is 8.78 Å². The molecule has 4 aromatic rings. The number of benzene rings is 1. The molecule has 0 spiro atoms. The highest BCUT2D eigenvalue weighted by Gasteiger charge is 2.18. The number of nitrogens with zero attached hydrogens (tertiary/aromatic N) is 6. The molecule has 0 saturated heterocycles.